The van der Waals surface area contributed by atoms with Crippen LogP contribution in [0.1, 0.15) is 49.5 Å². The molecule has 0 atom stereocenters. The lowest BCUT2D eigenvalue weighted by atomic mass is 9.96. The molecule has 108 valence electrons. The highest BCUT2D eigenvalue weighted by Gasteiger charge is 2.16. The first-order chi connectivity index (χ1) is 9.70. The van der Waals surface area contributed by atoms with E-state index in [-0.39, 0.29) is 0 Å². The van der Waals surface area contributed by atoms with Crippen molar-refractivity contribution in [3.8, 4) is 0 Å². The summed E-state index contributed by atoms with van der Waals surface area (Å²) in [7, 11) is 0. The third kappa shape index (κ3) is 3.00. The Balaban J connectivity index is 1.73. The highest BCUT2D eigenvalue weighted by molar-refractivity contribution is 5.31. The Bertz CT molecular complexity index is 568. The van der Waals surface area contributed by atoms with Gasteiger partial charge < -0.3 is 14.4 Å². The van der Waals surface area contributed by atoms with Crippen molar-refractivity contribution in [1.82, 2.24) is 19.7 Å². The van der Waals surface area contributed by atoms with E-state index < -0.39 is 0 Å². The van der Waals surface area contributed by atoms with Gasteiger partial charge in [0, 0.05) is 12.2 Å². The molecular weight excluding hydrogens is 254 g/mol. The largest absolute Gasteiger partial charge is 0.353 e. The summed E-state index contributed by atoms with van der Waals surface area (Å²) >= 11 is 0. The molecule has 0 radical (unpaired) electrons. The molecule has 0 aliphatic heterocycles. The van der Waals surface area contributed by atoms with Gasteiger partial charge in [0.2, 0.25) is 11.8 Å². The first-order valence-corrected chi connectivity index (χ1v) is 7.30. The summed E-state index contributed by atoms with van der Waals surface area (Å²) in [6, 6.07) is 0.536. The van der Waals surface area contributed by atoms with Gasteiger partial charge in [-0.25, -0.2) is 4.98 Å². The van der Waals surface area contributed by atoms with E-state index in [1.807, 2.05) is 20.0 Å². The van der Waals surface area contributed by atoms with E-state index >= 15 is 0 Å². The predicted molar refractivity (Wildman–Crippen MR) is 75.6 cm³/mol. The molecule has 0 bridgehead atoms. The molecule has 0 saturated heterocycles. The van der Waals surface area contributed by atoms with Gasteiger partial charge in [-0.3, -0.25) is 0 Å². The smallest absolute Gasteiger partial charge is 0.246 e. The zero-order chi connectivity index (χ0) is 13.9. The van der Waals surface area contributed by atoms with Crippen LogP contribution in [0.15, 0.2) is 10.7 Å². The average Bonchev–Trinajstić information content (AvgIpc) is 2.98. The van der Waals surface area contributed by atoms with Crippen molar-refractivity contribution in [2.75, 3.05) is 5.32 Å². The van der Waals surface area contributed by atoms with Crippen molar-refractivity contribution in [2.45, 2.75) is 58.5 Å². The molecule has 0 aromatic carbocycles. The van der Waals surface area contributed by atoms with Crippen LogP contribution in [-0.4, -0.2) is 25.7 Å². The van der Waals surface area contributed by atoms with Crippen molar-refractivity contribution < 1.29 is 4.52 Å². The van der Waals surface area contributed by atoms with E-state index in [4.69, 9.17) is 4.52 Å². The van der Waals surface area contributed by atoms with Crippen LogP contribution in [0.4, 0.5) is 5.95 Å². The lowest BCUT2D eigenvalue weighted by Crippen LogP contribution is -2.24. The number of imidazole rings is 1. The molecular formula is C14H21N5O. The second-order valence-electron chi connectivity index (χ2n) is 5.55. The SMILES string of the molecule is Cc1cn(Cc2nc(C)no2)c(NC2CCCCC2)n1. The van der Waals surface area contributed by atoms with Crippen LogP contribution in [0.3, 0.4) is 0 Å². The number of hydrogen-bond acceptors (Lipinski definition) is 5. The molecule has 6 heteroatoms. The molecule has 20 heavy (non-hydrogen) atoms. The van der Waals surface area contributed by atoms with Gasteiger partial charge in [-0.1, -0.05) is 24.4 Å². The Kier molecular flexibility index (Phi) is 3.71. The number of aryl methyl sites for hydroxylation is 2. The molecule has 1 aliphatic carbocycles. The summed E-state index contributed by atoms with van der Waals surface area (Å²) in [5.41, 5.74) is 1.000. The highest BCUT2D eigenvalue weighted by Crippen LogP contribution is 2.21. The van der Waals surface area contributed by atoms with E-state index in [2.05, 4.69) is 25.0 Å². The third-order valence-electron chi connectivity index (χ3n) is 3.71. The maximum Gasteiger partial charge on any atom is 0.246 e. The molecule has 1 fully saturated rings. The van der Waals surface area contributed by atoms with Crippen LogP contribution in [0.5, 0.6) is 0 Å². The van der Waals surface area contributed by atoms with Crippen LogP contribution < -0.4 is 5.32 Å². The lowest BCUT2D eigenvalue weighted by Gasteiger charge is -2.23. The van der Waals surface area contributed by atoms with Gasteiger partial charge in [-0.15, -0.1) is 0 Å². The van der Waals surface area contributed by atoms with E-state index in [9.17, 15) is 0 Å². The molecule has 0 spiro atoms. The molecule has 0 unspecified atom stereocenters. The zero-order valence-corrected chi connectivity index (χ0v) is 12.1. The van der Waals surface area contributed by atoms with Gasteiger partial charge >= 0.3 is 0 Å². The number of nitrogens with one attached hydrogen (secondary N) is 1. The normalized spacial score (nSPS) is 16.5. The molecule has 3 rings (SSSR count). The fourth-order valence-electron chi connectivity index (χ4n) is 2.76. The van der Waals surface area contributed by atoms with Crippen molar-refractivity contribution in [3.05, 3.63) is 23.6 Å². The van der Waals surface area contributed by atoms with Gasteiger partial charge in [-0.05, 0) is 26.7 Å². The Morgan fingerprint density at radius 3 is 2.75 bits per heavy atom. The monoisotopic (exact) mass is 275 g/mol. The molecule has 0 amide bonds. The first-order valence-electron chi connectivity index (χ1n) is 7.30. The molecule has 2 aromatic heterocycles. The van der Waals surface area contributed by atoms with E-state index in [0.717, 1.165) is 11.6 Å². The highest BCUT2D eigenvalue weighted by atomic mass is 16.5. The summed E-state index contributed by atoms with van der Waals surface area (Å²) in [5, 5.41) is 7.38. The molecule has 2 aromatic rings. The Hall–Kier alpha value is -1.85. The van der Waals surface area contributed by atoms with Crippen molar-refractivity contribution in [3.63, 3.8) is 0 Å². The Labute approximate surface area is 118 Å². The third-order valence-corrected chi connectivity index (χ3v) is 3.71. The predicted octanol–water partition coefficient (Wildman–Crippen LogP) is 2.68. The van der Waals surface area contributed by atoms with Crippen LogP contribution in [0, 0.1) is 13.8 Å². The standard InChI is InChI=1S/C14H21N5O/c1-10-8-19(9-13-16-11(2)18-20-13)14(15-10)17-12-6-4-3-5-7-12/h8,12H,3-7,9H2,1-2H3,(H,15,17). The van der Waals surface area contributed by atoms with E-state index in [1.54, 1.807) is 0 Å². The van der Waals surface area contributed by atoms with Gasteiger partial charge in [-0.2, -0.15) is 4.98 Å². The van der Waals surface area contributed by atoms with E-state index in [1.165, 1.54) is 32.1 Å². The second-order valence-corrected chi connectivity index (χ2v) is 5.55. The minimum atomic E-state index is 0.536. The van der Waals surface area contributed by atoms with Crippen LogP contribution in [0.2, 0.25) is 0 Å². The number of rotatable bonds is 4. The molecule has 1 aliphatic rings. The molecule has 6 nitrogen and oxygen atoms in total. The fraction of sp³-hybridized carbons (Fsp3) is 0.643. The fourth-order valence-corrected chi connectivity index (χ4v) is 2.76. The van der Waals surface area contributed by atoms with Gasteiger partial charge in [0.1, 0.15) is 6.54 Å². The lowest BCUT2D eigenvalue weighted by molar-refractivity contribution is 0.367. The average molecular weight is 275 g/mol. The Morgan fingerprint density at radius 2 is 2.05 bits per heavy atom. The maximum absolute atomic E-state index is 5.18. The van der Waals surface area contributed by atoms with Crippen LogP contribution >= 0.6 is 0 Å². The van der Waals surface area contributed by atoms with Gasteiger partial charge in [0.05, 0.1) is 5.69 Å². The summed E-state index contributed by atoms with van der Waals surface area (Å²) in [6.07, 6.45) is 8.44. The number of anilines is 1. The van der Waals surface area contributed by atoms with Gasteiger partial charge in [0.15, 0.2) is 5.82 Å². The molecule has 2 heterocycles. The number of hydrogen-bond donors (Lipinski definition) is 1. The molecule has 1 N–H and O–H groups in total. The van der Waals surface area contributed by atoms with E-state index in [0.29, 0.717) is 24.3 Å². The quantitative estimate of drug-likeness (QED) is 0.929. The van der Waals surface area contributed by atoms with Crippen molar-refractivity contribution >= 4 is 5.95 Å². The first kappa shape index (κ1) is 13.1. The van der Waals surface area contributed by atoms with Crippen molar-refractivity contribution in [1.29, 1.82) is 0 Å². The van der Waals surface area contributed by atoms with Crippen LogP contribution in [0.25, 0.3) is 0 Å². The second kappa shape index (κ2) is 5.64. The number of aromatic nitrogens is 4. The van der Waals surface area contributed by atoms with Crippen LogP contribution in [-0.2, 0) is 6.54 Å². The van der Waals surface area contributed by atoms with Crippen molar-refractivity contribution in [2.24, 2.45) is 0 Å². The minimum Gasteiger partial charge on any atom is -0.353 e. The summed E-state index contributed by atoms with van der Waals surface area (Å²) in [4.78, 5) is 8.82. The summed E-state index contributed by atoms with van der Waals surface area (Å²) < 4.78 is 7.24. The maximum atomic E-state index is 5.18. The summed E-state index contributed by atoms with van der Waals surface area (Å²) in [6.45, 7) is 4.39. The Morgan fingerprint density at radius 1 is 1.25 bits per heavy atom. The van der Waals surface area contributed by atoms with Gasteiger partial charge in [0.25, 0.3) is 0 Å². The molecule has 1 saturated carbocycles. The zero-order valence-electron chi connectivity index (χ0n) is 12.1. The summed E-state index contributed by atoms with van der Waals surface area (Å²) in [5.74, 6) is 2.19. The topological polar surface area (TPSA) is 68.8 Å². The minimum absolute atomic E-state index is 0.536. The number of nitrogens with zero attached hydrogens (tertiary/aromatic N) is 4.